The number of hydrogen-bond donors (Lipinski definition) is 0. The quantitative estimate of drug-likeness (QED) is 0.623. The van der Waals surface area contributed by atoms with Gasteiger partial charge in [0.15, 0.2) is 5.78 Å². The highest BCUT2D eigenvalue weighted by molar-refractivity contribution is 6.17. The number of carbonyl (C=O) groups is 3. The van der Waals surface area contributed by atoms with Crippen molar-refractivity contribution < 1.29 is 14.4 Å². The molecule has 2 fully saturated rings. The van der Waals surface area contributed by atoms with Crippen LogP contribution in [0.25, 0.3) is 10.8 Å². The van der Waals surface area contributed by atoms with Crippen molar-refractivity contribution in [3.8, 4) is 0 Å². The first-order valence-corrected chi connectivity index (χ1v) is 6.94. The molecule has 1 saturated carbocycles. The first-order chi connectivity index (χ1) is 10.1. The van der Waals surface area contributed by atoms with E-state index in [2.05, 4.69) is 0 Å². The van der Waals surface area contributed by atoms with Gasteiger partial charge >= 0.3 is 0 Å². The molecular weight excluding hydrogens is 266 g/mol. The molecule has 4 heteroatoms. The Morgan fingerprint density at radius 2 is 1.57 bits per heavy atom. The standard InChI is InChI=1S/C17H13NO3/c1-18-16(20)13-12(14(13)17(18)21)15(19)11-7-6-9-4-2-3-5-10(9)8-11/h2-8,12-14H,1H3/t12?,13-,14+. The zero-order chi connectivity index (χ0) is 14.7. The van der Waals surface area contributed by atoms with Crippen molar-refractivity contribution in [3.63, 3.8) is 0 Å². The molecule has 0 spiro atoms. The topological polar surface area (TPSA) is 54.5 Å². The van der Waals surface area contributed by atoms with E-state index < -0.39 is 17.8 Å². The van der Waals surface area contributed by atoms with Crippen LogP contribution in [0.4, 0.5) is 0 Å². The van der Waals surface area contributed by atoms with Crippen LogP contribution in [0.15, 0.2) is 42.5 Å². The number of Topliss-reactive ketones (excluding diaryl/α,β-unsaturated/α-hetero) is 1. The summed E-state index contributed by atoms with van der Waals surface area (Å²) in [6.45, 7) is 0. The molecule has 1 saturated heterocycles. The molecule has 1 aliphatic carbocycles. The minimum atomic E-state index is -0.456. The first-order valence-electron chi connectivity index (χ1n) is 6.94. The van der Waals surface area contributed by atoms with Gasteiger partial charge in [0.1, 0.15) is 0 Å². The molecule has 4 nitrogen and oxygen atoms in total. The highest BCUT2D eigenvalue weighted by Crippen LogP contribution is 2.54. The Bertz CT molecular complexity index is 789. The lowest BCUT2D eigenvalue weighted by molar-refractivity contribution is -0.140. The number of amides is 2. The van der Waals surface area contributed by atoms with E-state index in [4.69, 9.17) is 0 Å². The van der Waals surface area contributed by atoms with Gasteiger partial charge in [0, 0.05) is 18.5 Å². The molecule has 3 atom stereocenters. The van der Waals surface area contributed by atoms with Crippen molar-refractivity contribution in [1.82, 2.24) is 4.90 Å². The molecule has 2 amide bonds. The largest absolute Gasteiger partial charge is 0.294 e. The normalized spacial score (nSPS) is 27.1. The number of piperidine rings is 1. The summed E-state index contributed by atoms with van der Waals surface area (Å²) in [6, 6.07) is 13.3. The zero-order valence-electron chi connectivity index (χ0n) is 11.4. The Hall–Kier alpha value is -2.49. The Labute approximate surface area is 121 Å². The Kier molecular flexibility index (Phi) is 2.34. The van der Waals surface area contributed by atoms with Crippen LogP contribution in [0.3, 0.4) is 0 Å². The molecule has 0 bridgehead atoms. The number of likely N-dealkylation sites (tertiary alicyclic amines) is 1. The first kappa shape index (κ1) is 12.3. The molecule has 1 aliphatic heterocycles. The van der Waals surface area contributed by atoms with Crippen molar-refractivity contribution in [3.05, 3.63) is 48.0 Å². The number of benzene rings is 2. The third kappa shape index (κ3) is 1.59. The third-order valence-corrected chi connectivity index (χ3v) is 4.59. The van der Waals surface area contributed by atoms with Crippen molar-refractivity contribution in [1.29, 1.82) is 0 Å². The monoisotopic (exact) mass is 279 g/mol. The summed E-state index contributed by atoms with van der Waals surface area (Å²) >= 11 is 0. The highest BCUT2D eigenvalue weighted by atomic mass is 16.2. The van der Waals surface area contributed by atoms with Crippen LogP contribution in [0, 0.1) is 17.8 Å². The minimum Gasteiger partial charge on any atom is -0.294 e. The minimum absolute atomic E-state index is 0.0921. The molecule has 2 aromatic rings. The predicted octanol–water partition coefficient (Wildman–Crippen LogP) is 1.88. The fourth-order valence-corrected chi connectivity index (χ4v) is 3.34. The molecule has 1 heterocycles. The summed E-state index contributed by atoms with van der Waals surface area (Å²) in [5, 5.41) is 2.06. The van der Waals surface area contributed by atoms with Crippen LogP contribution in [0.1, 0.15) is 10.4 Å². The van der Waals surface area contributed by atoms with Gasteiger partial charge in [0.2, 0.25) is 11.8 Å². The van der Waals surface area contributed by atoms with Gasteiger partial charge in [-0.05, 0) is 16.8 Å². The number of imide groups is 1. The van der Waals surface area contributed by atoms with Gasteiger partial charge in [-0.2, -0.15) is 0 Å². The Morgan fingerprint density at radius 3 is 2.24 bits per heavy atom. The fourth-order valence-electron chi connectivity index (χ4n) is 3.34. The van der Waals surface area contributed by atoms with Crippen molar-refractivity contribution in [2.75, 3.05) is 7.05 Å². The summed E-state index contributed by atoms with van der Waals surface area (Å²) in [5.74, 6) is -1.84. The van der Waals surface area contributed by atoms with Crippen molar-refractivity contribution in [2.45, 2.75) is 0 Å². The average molecular weight is 279 g/mol. The average Bonchev–Trinajstić information content (AvgIpc) is 3.21. The maximum absolute atomic E-state index is 12.5. The van der Waals surface area contributed by atoms with E-state index in [1.165, 1.54) is 7.05 Å². The fraction of sp³-hybridized carbons (Fsp3) is 0.235. The molecule has 0 aromatic heterocycles. The Morgan fingerprint density at radius 1 is 0.952 bits per heavy atom. The van der Waals surface area contributed by atoms with Crippen LogP contribution in [-0.2, 0) is 9.59 Å². The van der Waals surface area contributed by atoms with E-state index in [1.807, 2.05) is 36.4 Å². The molecule has 4 rings (SSSR count). The van der Waals surface area contributed by atoms with Crippen LogP contribution in [-0.4, -0.2) is 29.5 Å². The van der Waals surface area contributed by atoms with Gasteiger partial charge in [0.25, 0.3) is 0 Å². The van der Waals surface area contributed by atoms with Crippen molar-refractivity contribution in [2.24, 2.45) is 17.8 Å². The molecule has 2 aromatic carbocycles. The highest BCUT2D eigenvalue weighted by Gasteiger charge is 2.69. The number of fused-ring (bicyclic) bond motifs is 2. The molecular formula is C17H13NO3. The van der Waals surface area contributed by atoms with Crippen LogP contribution >= 0.6 is 0 Å². The SMILES string of the molecule is CN1C(=O)[C@@H]2C(C(=O)c3ccc4ccccc4c3)[C@@H]2C1=O. The number of nitrogens with zero attached hydrogens (tertiary/aromatic N) is 1. The van der Waals surface area contributed by atoms with Gasteiger partial charge in [-0.3, -0.25) is 19.3 Å². The van der Waals surface area contributed by atoms with E-state index in [1.54, 1.807) is 6.07 Å². The molecule has 21 heavy (non-hydrogen) atoms. The molecule has 0 N–H and O–H groups in total. The summed E-state index contributed by atoms with van der Waals surface area (Å²) in [4.78, 5) is 37.4. The molecule has 2 aliphatic rings. The van der Waals surface area contributed by atoms with Gasteiger partial charge in [-0.15, -0.1) is 0 Å². The van der Waals surface area contributed by atoms with E-state index in [0.29, 0.717) is 5.56 Å². The van der Waals surface area contributed by atoms with Gasteiger partial charge in [-0.25, -0.2) is 0 Å². The second kappa shape index (κ2) is 4.01. The van der Waals surface area contributed by atoms with E-state index in [9.17, 15) is 14.4 Å². The number of rotatable bonds is 2. The molecule has 104 valence electrons. The zero-order valence-corrected chi connectivity index (χ0v) is 11.4. The summed E-state index contributed by atoms with van der Waals surface area (Å²) in [7, 11) is 1.48. The van der Waals surface area contributed by atoms with Crippen LogP contribution in [0.5, 0.6) is 0 Å². The Balaban J connectivity index is 1.67. The second-order valence-corrected chi connectivity index (χ2v) is 5.74. The van der Waals surface area contributed by atoms with Crippen LogP contribution < -0.4 is 0 Å². The summed E-state index contributed by atoms with van der Waals surface area (Å²) in [5.41, 5.74) is 0.580. The van der Waals surface area contributed by atoms with Gasteiger partial charge in [0.05, 0.1) is 11.8 Å². The number of carbonyl (C=O) groups excluding carboxylic acids is 3. The van der Waals surface area contributed by atoms with Crippen molar-refractivity contribution >= 4 is 28.4 Å². The van der Waals surface area contributed by atoms with E-state index in [-0.39, 0.29) is 17.6 Å². The van der Waals surface area contributed by atoms with E-state index >= 15 is 0 Å². The lowest BCUT2D eigenvalue weighted by Crippen LogP contribution is -2.32. The summed E-state index contributed by atoms with van der Waals surface area (Å²) < 4.78 is 0. The van der Waals surface area contributed by atoms with Gasteiger partial charge < -0.3 is 0 Å². The molecule has 0 radical (unpaired) electrons. The summed E-state index contributed by atoms with van der Waals surface area (Å²) in [6.07, 6.45) is 0. The van der Waals surface area contributed by atoms with Gasteiger partial charge in [-0.1, -0.05) is 36.4 Å². The van der Waals surface area contributed by atoms with E-state index in [0.717, 1.165) is 15.7 Å². The smallest absolute Gasteiger partial charge is 0.233 e. The number of ketones is 1. The second-order valence-electron chi connectivity index (χ2n) is 5.74. The number of hydrogen-bond acceptors (Lipinski definition) is 3. The molecule has 1 unspecified atom stereocenters. The predicted molar refractivity (Wildman–Crippen MR) is 76.5 cm³/mol. The third-order valence-electron chi connectivity index (χ3n) is 4.59. The maximum Gasteiger partial charge on any atom is 0.233 e. The maximum atomic E-state index is 12.5. The lowest BCUT2D eigenvalue weighted by Gasteiger charge is -2.11. The lowest BCUT2D eigenvalue weighted by atomic mass is 10.0. The van der Waals surface area contributed by atoms with Crippen LogP contribution in [0.2, 0.25) is 0 Å².